The van der Waals surface area contributed by atoms with Gasteiger partial charge in [-0.15, -0.1) is 0 Å². The van der Waals surface area contributed by atoms with Crippen molar-refractivity contribution in [1.29, 1.82) is 0 Å². The van der Waals surface area contributed by atoms with Crippen molar-refractivity contribution in [1.82, 2.24) is 20.2 Å². The van der Waals surface area contributed by atoms with Crippen molar-refractivity contribution in [3.63, 3.8) is 0 Å². The molecule has 34 heavy (non-hydrogen) atoms. The fourth-order valence-electron chi connectivity index (χ4n) is 5.67. The molecule has 2 fully saturated rings. The summed E-state index contributed by atoms with van der Waals surface area (Å²) in [6, 6.07) is 6.27. The third-order valence-corrected chi connectivity index (χ3v) is 7.64. The first kappa shape index (κ1) is 24.4. The van der Waals surface area contributed by atoms with Crippen LogP contribution < -0.4 is 10.2 Å². The lowest BCUT2D eigenvalue weighted by Gasteiger charge is -2.51. The normalized spacial score (nSPS) is 25.7. The Bertz CT molecular complexity index is 971. The van der Waals surface area contributed by atoms with Crippen LogP contribution in [0.3, 0.4) is 0 Å². The van der Waals surface area contributed by atoms with Gasteiger partial charge in [-0.05, 0) is 54.4 Å². The second-order valence-electron chi connectivity index (χ2n) is 9.78. The summed E-state index contributed by atoms with van der Waals surface area (Å²) in [6.45, 7) is 6.49. The van der Waals surface area contributed by atoms with E-state index in [-0.39, 0.29) is 23.4 Å². The molecule has 3 heterocycles. The molecule has 6 nitrogen and oxygen atoms in total. The van der Waals surface area contributed by atoms with Crippen molar-refractivity contribution in [2.24, 2.45) is 11.3 Å². The lowest BCUT2D eigenvalue weighted by Crippen LogP contribution is -2.61. The van der Waals surface area contributed by atoms with E-state index in [2.05, 4.69) is 29.1 Å². The van der Waals surface area contributed by atoms with Gasteiger partial charge < -0.3 is 15.1 Å². The fraction of sp³-hybridized carbons (Fsp3) is 0.560. The van der Waals surface area contributed by atoms with Crippen LogP contribution in [-0.2, 0) is 17.5 Å². The number of nitrogens with zero attached hydrogens (tertiary/aromatic N) is 4. The van der Waals surface area contributed by atoms with Gasteiger partial charge in [-0.1, -0.05) is 19.9 Å². The number of hydrogen-bond donors (Lipinski definition) is 1. The van der Waals surface area contributed by atoms with Crippen LogP contribution in [-0.4, -0.2) is 53.0 Å². The van der Waals surface area contributed by atoms with E-state index in [9.17, 15) is 18.0 Å². The third kappa shape index (κ3) is 5.04. The molecule has 1 aliphatic carbocycles. The van der Waals surface area contributed by atoms with Gasteiger partial charge in [0.05, 0.1) is 11.6 Å². The van der Waals surface area contributed by atoms with Gasteiger partial charge in [0.15, 0.2) is 0 Å². The Morgan fingerprint density at radius 3 is 2.76 bits per heavy atom. The summed E-state index contributed by atoms with van der Waals surface area (Å²) in [4.78, 5) is 23.9. The molecule has 3 atom stereocenters. The topological polar surface area (TPSA) is 61.4 Å². The molecule has 1 saturated carbocycles. The monoisotopic (exact) mass is 475 g/mol. The minimum atomic E-state index is -4.43. The summed E-state index contributed by atoms with van der Waals surface area (Å²) in [7, 11) is 0. The number of anilines is 1. The van der Waals surface area contributed by atoms with E-state index in [1.807, 2.05) is 23.2 Å². The summed E-state index contributed by atoms with van der Waals surface area (Å²) in [5, 5.41) is 3.65. The van der Waals surface area contributed by atoms with Crippen LogP contribution in [0.4, 0.5) is 19.0 Å². The van der Waals surface area contributed by atoms with Crippen molar-refractivity contribution in [2.45, 2.75) is 57.9 Å². The number of carbonyl (C=O) groups is 1. The first-order chi connectivity index (χ1) is 16.2. The van der Waals surface area contributed by atoms with Gasteiger partial charge in [0.1, 0.15) is 5.82 Å². The molecule has 2 aromatic heterocycles. The van der Waals surface area contributed by atoms with E-state index in [0.29, 0.717) is 25.5 Å². The molecule has 1 aliphatic heterocycles. The molecule has 1 amide bonds. The lowest BCUT2D eigenvalue weighted by molar-refractivity contribution is -0.137. The third-order valence-electron chi connectivity index (χ3n) is 7.64. The number of halogens is 3. The molecule has 2 aromatic rings. The molecular formula is C25H32F3N5O. The van der Waals surface area contributed by atoms with Crippen molar-refractivity contribution < 1.29 is 18.0 Å². The summed E-state index contributed by atoms with van der Waals surface area (Å²) in [6.07, 6.45) is 4.05. The second kappa shape index (κ2) is 9.90. The number of hydrogen-bond acceptors (Lipinski definition) is 5. The molecule has 1 saturated heterocycles. The molecule has 1 N–H and O–H groups in total. The van der Waals surface area contributed by atoms with Crippen LogP contribution in [0.1, 0.15) is 44.2 Å². The first-order valence-corrected chi connectivity index (χ1v) is 11.8. The van der Waals surface area contributed by atoms with Gasteiger partial charge in [-0.25, -0.2) is 4.98 Å². The summed E-state index contributed by atoms with van der Waals surface area (Å²) >= 11 is 0. The highest BCUT2D eigenvalue weighted by molar-refractivity contribution is 5.51. The minimum Gasteiger partial charge on any atom is -0.349 e. The number of rotatable bonds is 7. The standard InChI is InChI=1S/C25H32F3N5O/c1-18(2)24(7-5-21(13-24)31-15-19-4-3-8-29-14-19)22-16-32(17-34)10-11-33(22)23-12-20(6-9-30-23)25(26,27)28/h3-4,6,8-9,12,14,17-18,21-22,31H,5,7,10-11,13,15-16H2,1-2H3/t21-,22?,24+/m1/s1. The zero-order valence-electron chi connectivity index (χ0n) is 19.6. The van der Waals surface area contributed by atoms with E-state index in [4.69, 9.17) is 0 Å². The van der Waals surface area contributed by atoms with Crippen LogP contribution in [0.25, 0.3) is 0 Å². The minimum absolute atomic E-state index is 0.118. The maximum Gasteiger partial charge on any atom is 0.416 e. The molecular weight excluding hydrogens is 443 g/mol. The van der Waals surface area contributed by atoms with Gasteiger partial charge in [0.25, 0.3) is 0 Å². The highest BCUT2D eigenvalue weighted by Gasteiger charge is 2.51. The summed E-state index contributed by atoms with van der Waals surface area (Å²) < 4.78 is 40.2. The largest absolute Gasteiger partial charge is 0.416 e. The molecule has 1 unspecified atom stereocenters. The smallest absolute Gasteiger partial charge is 0.349 e. The van der Waals surface area contributed by atoms with Gasteiger partial charge in [0, 0.05) is 50.8 Å². The number of amides is 1. The number of aromatic nitrogens is 2. The maximum absolute atomic E-state index is 13.4. The first-order valence-electron chi connectivity index (χ1n) is 11.8. The lowest BCUT2D eigenvalue weighted by atomic mass is 9.68. The van der Waals surface area contributed by atoms with E-state index in [0.717, 1.165) is 49.9 Å². The average Bonchev–Trinajstić information content (AvgIpc) is 3.28. The number of carbonyl (C=O) groups excluding carboxylic acids is 1. The van der Waals surface area contributed by atoms with Crippen LogP contribution in [0.5, 0.6) is 0 Å². The molecule has 0 bridgehead atoms. The molecule has 2 aliphatic rings. The fourth-order valence-corrected chi connectivity index (χ4v) is 5.67. The van der Waals surface area contributed by atoms with Crippen molar-refractivity contribution in [2.75, 3.05) is 24.5 Å². The second-order valence-corrected chi connectivity index (χ2v) is 9.78. The summed E-state index contributed by atoms with van der Waals surface area (Å²) in [5.74, 6) is 0.611. The number of piperazine rings is 1. The van der Waals surface area contributed by atoms with Gasteiger partial charge in [0.2, 0.25) is 6.41 Å². The van der Waals surface area contributed by atoms with E-state index in [1.54, 1.807) is 11.1 Å². The molecule has 4 rings (SSSR count). The van der Waals surface area contributed by atoms with Gasteiger partial charge >= 0.3 is 6.18 Å². The number of nitrogens with one attached hydrogen (secondary N) is 1. The number of alkyl halides is 3. The SMILES string of the molecule is CC(C)[C@]1(C2CN(C=O)CCN2c2cc(C(F)(F)F)ccn2)CC[C@@H](NCc2cccnc2)C1. The van der Waals surface area contributed by atoms with Crippen LogP contribution in [0, 0.1) is 11.3 Å². The van der Waals surface area contributed by atoms with Crippen molar-refractivity contribution in [3.05, 3.63) is 54.0 Å². The Morgan fingerprint density at radius 2 is 2.09 bits per heavy atom. The van der Waals surface area contributed by atoms with Gasteiger partial charge in [-0.2, -0.15) is 13.2 Å². The van der Waals surface area contributed by atoms with Crippen LogP contribution in [0.2, 0.25) is 0 Å². The maximum atomic E-state index is 13.4. The Labute approximate surface area is 198 Å². The molecule has 0 aromatic carbocycles. The Balaban J connectivity index is 1.60. The van der Waals surface area contributed by atoms with E-state index >= 15 is 0 Å². The Morgan fingerprint density at radius 1 is 1.26 bits per heavy atom. The number of pyridine rings is 2. The quantitative estimate of drug-likeness (QED) is 0.611. The highest BCUT2D eigenvalue weighted by atomic mass is 19.4. The molecule has 0 spiro atoms. The zero-order valence-corrected chi connectivity index (χ0v) is 19.6. The predicted octanol–water partition coefficient (Wildman–Crippen LogP) is 4.13. The zero-order chi connectivity index (χ0) is 24.3. The van der Waals surface area contributed by atoms with E-state index < -0.39 is 11.7 Å². The van der Waals surface area contributed by atoms with E-state index in [1.165, 1.54) is 6.20 Å². The Hall–Kier alpha value is -2.68. The predicted molar refractivity (Wildman–Crippen MR) is 124 cm³/mol. The highest BCUT2D eigenvalue weighted by Crippen LogP contribution is 2.50. The summed E-state index contributed by atoms with van der Waals surface area (Å²) in [5.41, 5.74) is 0.253. The van der Waals surface area contributed by atoms with Crippen molar-refractivity contribution in [3.8, 4) is 0 Å². The Kier molecular flexibility index (Phi) is 7.12. The average molecular weight is 476 g/mol. The van der Waals surface area contributed by atoms with Crippen molar-refractivity contribution >= 4 is 12.2 Å². The molecule has 0 radical (unpaired) electrons. The van der Waals surface area contributed by atoms with Crippen LogP contribution >= 0.6 is 0 Å². The molecule has 9 heteroatoms. The van der Waals surface area contributed by atoms with Crippen LogP contribution in [0.15, 0.2) is 42.9 Å². The van der Waals surface area contributed by atoms with Gasteiger partial charge in [-0.3, -0.25) is 9.78 Å². The molecule has 184 valence electrons.